The first-order chi connectivity index (χ1) is 26.9. The van der Waals surface area contributed by atoms with E-state index >= 15 is 0 Å². The maximum absolute atomic E-state index is 12.4. The summed E-state index contributed by atoms with van der Waals surface area (Å²) in [4.78, 5) is 2.76. The van der Waals surface area contributed by atoms with Crippen LogP contribution in [-0.2, 0) is 0 Å². The molecule has 0 aromatic heterocycles. The second-order valence-corrected chi connectivity index (χ2v) is 23.6. The third-order valence-corrected chi connectivity index (χ3v) is 22.5. The summed E-state index contributed by atoms with van der Waals surface area (Å²) < 4.78 is 0. The fourth-order valence-electron chi connectivity index (χ4n) is 17.3. The molecular formula is C48H88N8O. The van der Waals surface area contributed by atoms with Gasteiger partial charge in [-0.25, -0.2) is 0 Å². The van der Waals surface area contributed by atoms with E-state index in [0.717, 1.165) is 0 Å². The standard InChI is InChI=1S/C48H88N8O/c1-17-18(2)25(9)33-32(24(17)8)41-49-42-34-26(10)19(3)20(4)27(11)35(34)44(51-42)54-47-37-29(13)21(5)22(6)30(14)38(37)48(56(47)16)55-45-36-28(12)23(7)31(15)40(57)39(36)46(53-45)52-43(33)50-41/h17-55,57H,1-16H3. The zero-order valence-corrected chi connectivity index (χ0v) is 38.9. The van der Waals surface area contributed by atoms with Gasteiger partial charge in [-0.1, -0.05) is 104 Å². The Morgan fingerprint density at radius 3 is 0.772 bits per heavy atom. The highest BCUT2D eigenvalue weighted by molar-refractivity contribution is 5.15. The minimum absolute atomic E-state index is 0.0277. The van der Waals surface area contributed by atoms with Crippen LogP contribution in [0.2, 0.25) is 0 Å². The molecule has 0 spiro atoms. The van der Waals surface area contributed by atoms with Crippen LogP contribution in [0.4, 0.5) is 0 Å². The van der Waals surface area contributed by atoms with Crippen molar-refractivity contribution in [3.05, 3.63) is 0 Å². The largest absolute Gasteiger partial charge is 0.392 e. The quantitative estimate of drug-likeness (QED) is 0.159. The number of hydrogen-bond acceptors (Lipinski definition) is 9. The Morgan fingerprint density at radius 2 is 0.474 bits per heavy atom. The van der Waals surface area contributed by atoms with E-state index in [4.69, 9.17) is 0 Å². The molecule has 0 amide bonds. The van der Waals surface area contributed by atoms with Crippen molar-refractivity contribution in [3.8, 4) is 0 Å². The number of aliphatic hydroxyl groups excluding tert-OH is 1. The Hall–Kier alpha value is -0.360. The van der Waals surface area contributed by atoms with Crippen molar-refractivity contribution in [1.82, 2.24) is 42.1 Å². The summed E-state index contributed by atoms with van der Waals surface area (Å²) in [5.41, 5.74) is 0. The normalized spacial score (nSPS) is 65.4. The van der Waals surface area contributed by atoms with Gasteiger partial charge < -0.3 is 5.11 Å². The molecule has 32 atom stereocenters. The van der Waals surface area contributed by atoms with Gasteiger partial charge in [-0.15, -0.1) is 0 Å². The molecule has 8 N–H and O–H groups in total. The Morgan fingerprint density at radius 1 is 0.263 bits per heavy atom. The van der Waals surface area contributed by atoms with Gasteiger partial charge in [0.15, 0.2) is 0 Å². The van der Waals surface area contributed by atoms with Gasteiger partial charge in [0.2, 0.25) is 0 Å². The van der Waals surface area contributed by atoms with Crippen LogP contribution in [0.1, 0.15) is 104 Å². The number of aliphatic hydroxyl groups is 1. The van der Waals surface area contributed by atoms with Gasteiger partial charge in [0.05, 0.1) is 55.4 Å². The van der Waals surface area contributed by atoms with Crippen LogP contribution in [0.5, 0.6) is 0 Å². The van der Waals surface area contributed by atoms with Crippen molar-refractivity contribution in [3.63, 3.8) is 0 Å². The molecule has 8 bridgehead atoms. The summed E-state index contributed by atoms with van der Waals surface area (Å²) in [5, 5.41) is 43.2. The maximum atomic E-state index is 12.4. The predicted octanol–water partition coefficient (Wildman–Crippen LogP) is 5.61. The summed E-state index contributed by atoms with van der Waals surface area (Å²) in [5.74, 6) is 12.7. The molecule has 9 rings (SSSR count). The maximum Gasteiger partial charge on any atom is 0.0655 e. The number of rotatable bonds is 0. The fraction of sp³-hybridized carbons (Fsp3) is 1.00. The Balaban J connectivity index is 1.17. The van der Waals surface area contributed by atoms with E-state index in [1.54, 1.807) is 0 Å². The van der Waals surface area contributed by atoms with E-state index in [2.05, 4.69) is 153 Å². The Kier molecular flexibility index (Phi) is 11.0. The lowest BCUT2D eigenvalue weighted by atomic mass is 9.57. The molecular weight excluding hydrogens is 705 g/mol. The second-order valence-electron chi connectivity index (χ2n) is 23.6. The van der Waals surface area contributed by atoms with E-state index < -0.39 is 0 Å². The van der Waals surface area contributed by atoms with E-state index in [1.807, 2.05) is 0 Å². The molecule has 4 aliphatic carbocycles. The molecule has 5 aliphatic heterocycles. The van der Waals surface area contributed by atoms with Crippen LogP contribution < -0.4 is 37.2 Å². The van der Waals surface area contributed by atoms with Crippen molar-refractivity contribution in [1.29, 1.82) is 0 Å². The number of nitrogens with one attached hydrogen (secondary N) is 7. The van der Waals surface area contributed by atoms with E-state index in [0.29, 0.717) is 124 Å². The molecule has 5 saturated heterocycles. The first kappa shape index (κ1) is 42.0. The van der Waals surface area contributed by atoms with Crippen LogP contribution in [0, 0.1) is 136 Å². The van der Waals surface area contributed by atoms with Crippen LogP contribution in [0.3, 0.4) is 0 Å². The van der Waals surface area contributed by atoms with Crippen molar-refractivity contribution in [2.45, 2.75) is 159 Å². The molecule has 9 fully saturated rings. The van der Waals surface area contributed by atoms with Crippen molar-refractivity contribution in [2.24, 2.45) is 136 Å². The lowest BCUT2D eigenvalue weighted by Gasteiger charge is -2.50. The first-order valence-corrected chi connectivity index (χ1v) is 24.6. The van der Waals surface area contributed by atoms with Gasteiger partial charge in [-0.3, -0.25) is 42.1 Å². The average Bonchev–Trinajstić information content (AvgIpc) is 3.91. The zero-order chi connectivity index (χ0) is 41.0. The van der Waals surface area contributed by atoms with E-state index in [-0.39, 0.29) is 67.3 Å². The third kappa shape index (κ3) is 5.98. The highest BCUT2D eigenvalue weighted by Gasteiger charge is 2.64. The summed E-state index contributed by atoms with van der Waals surface area (Å²) in [6.45, 7) is 37.9. The summed E-state index contributed by atoms with van der Waals surface area (Å²) in [7, 11) is 2.44. The highest BCUT2D eigenvalue weighted by atomic mass is 16.3. The molecule has 9 heteroatoms. The minimum atomic E-state index is -0.346. The van der Waals surface area contributed by atoms with Crippen LogP contribution in [0.15, 0.2) is 0 Å². The smallest absolute Gasteiger partial charge is 0.0655 e. The summed E-state index contributed by atoms with van der Waals surface area (Å²) >= 11 is 0. The highest BCUT2D eigenvalue weighted by Crippen LogP contribution is 2.57. The molecule has 32 unspecified atom stereocenters. The molecule has 57 heavy (non-hydrogen) atoms. The first-order valence-electron chi connectivity index (χ1n) is 24.6. The molecule has 0 radical (unpaired) electrons. The van der Waals surface area contributed by atoms with Gasteiger partial charge in [-0.05, 0) is 137 Å². The van der Waals surface area contributed by atoms with Gasteiger partial charge >= 0.3 is 0 Å². The minimum Gasteiger partial charge on any atom is -0.392 e. The van der Waals surface area contributed by atoms with E-state index in [9.17, 15) is 5.11 Å². The fourth-order valence-corrected chi connectivity index (χ4v) is 17.3. The van der Waals surface area contributed by atoms with E-state index in [1.165, 1.54) is 0 Å². The van der Waals surface area contributed by atoms with Crippen molar-refractivity contribution >= 4 is 0 Å². The monoisotopic (exact) mass is 793 g/mol. The Bertz CT molecular complexity index is 1360. The number of fused-ring (bicyclic) bond motifs is 20. The lowest BCUT2D eigenvalue weighted by molar-refractivity contribution is -0.0697. The van der Waals surface area contributed by atoms with Crippen LogP contribution in [0.25, 0.3) is 0 Å². The SMILES string of the molecule is CC1C(C)C(C)C2C3NC(NC4NC(NC5C6C(C)C(C)C(C)C(C)C6C(NC6NC(N3)C3C(O)C(C)C(C)C(C)C63)N5C)C3C(C)C(C)C(C)C(C)C43)C2C1C. The van der Waals surface area contributed by atoms with Gasteiger partial charge in [-0.2, -0.15) is 0 Å². The molecule has 0 aromatic rings. The van der Waals surface area contributed by atoms with Gasteiger partial charge in [0.25, 0.3) is 0 Å². The van der Waals surface area contributed by atoms with Crippen molar-refractivity contribution in [2.75, 3.05) is 7.05 Å². The molecule has 4 saturated carbocycles. The number of nitrogens with zero attached hydrogens (tertiary/aromatic N) is 1. The van der Waals surface area contributed by atoms with Gasteiger partial charge in [0.1, 0.15) is 0 Å². The second kappa shape index (κ2) is 14.9. The van der Waals surface area contributed by atoms with Crippen LogP contribution in [-0.4, -0.2) is 72.5 Å². The summed E-state index contributed by atoms with van der Waals surface area (Å²) in [6.07, 6.45) is 1.20. The van der Waals surface area contributed by atoms with Gasteiger partial charge in [0, 0.05) is 5.92 Å². The topological polar surface area (TPSA) is 108 Å². The molecule has 326 valence electrons. The molecule has 5 heterocycles. The summed E-state index contributed by atoms with van der Waals surface area (Å²) in [6, 6.07) is 0. The predicted molar refractivity (Wildman–Crippen MR) is 231 cm³/mol. The molecule has 9 aliphatic rings. The van der Waals surface area contributed by atoms with Crippen molar-refractivity contribution < 1.29 is 5.11 Å². The average molecular weight is 793 g/mol. The third-order valence-electron chi connectivity index (χ3n) is 22.5. The zero-order valence-electron chi connectivity index (χ0n) is 38.9. The Labute approximate surface area is 348 Å². The molecule has 0 aromatic carbocycles. The van der Waals surface area contributed by atoms with Crippen LogP contribution >= 0.6 is 0 Å². The number of hydrogen-bond donors (Lipinski definition) is 8. The lowest BCUT2D eigenvalue weighted by Crippen LogP contribution is -2.62. The molecule has 9 nitrogen and oxygen atoms in total.